The lowest BCUT2D eigenvalue weighted by Gasteiger charge is -2.02. The summed E-state index contributed by atoms with van der Waals surface area (Å²) in [4.78, 5) is 1.24. The Morgan fingerprint density at radius 3 is 2.65 bits per heavy atom. The third-order valence-electron chi connectivity index (χ3n) is 2.67. The van der Waals surface area contributed by atoms with Crippen LogP contribution in [0.1, 0.15) is 25.1 Å². The van der Waals surface area contributed by atoms with Crippen LogP contribution in [0.3, 0.4) is 0 Å². The number of thioether (sulfide) groups is 1. The summed E-state index contributed by atoms with van der Waals surface area (Å²) in [5, 5.41) is 8.18. The third-order valence-corrected chi connectivity index (χ3v) is 3.41. The normalized spacial score (nSPS) is 12.6. The SMILES string of the molecule is CCC(N)c1cn(-c2ccc(SC)cc2)nn1. The molecule has 1 unspecified atom stereocenters. The molecular weight excluding hydrogens is 232 g/mol. The Morgan fingerprint density at radius 2 is 2.06 bits per heavy atom. The number of aromatic nitrogens is 3. The highest BCUT2D eigenvalue weighted by Gasteiger charge is 2.08. The summed E-state index contributed by atoms with van der Waals surface area (Å²) in [6, 6.07) is 8.17. The standard InChI is InChI=1S/C12H16N4S/c1-3-11(13)12-8-16(15-14-12)9-4-6-10(17-2)7-5-9/h4-8,11H,3,13H2,1-2H3. The van der Waals surface area contributed by atoms with E-state index in [1.807, 2.05) is 25.3 Å². The fourth-order valence-corrected chi connectivity index (χ4v) is 1.93. The van der Waals surface area contributed by atoms with E-state index in [1.54, 1.807) is 16.4 Å². The summed E-state index contributed by atoms with van der Waals surface area (Å²) in [6.07, 6.45) is 4.81. The first-order valence-electron chi connectivity index (χ1n) is 5.57. The van der Waals surface area contributed by atoms with Gasteiger partial charge in [-0.25, -0.2) is 4.68 Å². The average Bonchev–Trinajstić information content (AvgIpc) is 2.87. The van der Waals surface area contributed by atoms with Crippen LogP contribution in [0.4, 0.5) is 0 Å². The summed E-state index contributed by atoms with van der Waals surface area (Å²) < 4.78 is 1.76. The zero-order valence-corrected chi connectivity index (χ0v) is 10.8. The van der Waals surface area contributed by atoms with Crippen molar-refractivity contribution in [2.45, 2.75) is 24.3 Å². The van der Waals surface area contributed by atoms with Crippen molar-refractivity contribution in [2.75, 3.05) is 6.26 Å². The first kappa shape index (κ1) is 12.1. The number of hydrogen-bond donors (Lipinski definition) is 1. The Balaban J connectivity index is 2.24. The van der Waals surface area contributed by atoms with Gasteiger partial charge in [0.1, 0.15) is 0 Å². The molecule has 1 aromatic carbocycles. The predicted octanol–water partition coefficient (Wildman–Crippen LogP) is 2.40. The maximum atomic E-state index is 5.91. The molecule has 2 rings (SSSR count). The highest BCUT2D eigenvalue weighted by atomic mass is 32.2. The largest absolute Gasteiger partial charge is 0.323 e. The lowest BCUT2D eigenvalue weighted by atomic mass is 10.2. The topological polar surface area (TPSA) is 56.7 Å². The molecule has 1 heterocycles. The fraction of sp³-hybridized carbons (Fsp3) is 0.333. The molecule has 0 saturated carbocycles. The van der Waals surface area contributed by atoms with Crippen LogP contribution in [0.25, 0.3) is 5.69 Å². The fourth-order valence-electron chi connectivity index (χ4n) is 1.52. The van der Waals surface area contributed by atoms with E-state index >= 15 is 0 Å². The smallest absolute Gasteiger partial charge is 0.0998 e. The van der Waals surface area contributed by atoms with Gasteiger partial charge < -0.3 is 5.73 Å². The molecule has 90 valence electrons. The van der Waals surface area contributed by atoms with Crippen LogP contribution < -0.4 is 5.73 Å². The van der Waals surface area contributed by atoms with Gasteiger partial charge in [0.2, 0.25) is 0 Å². The molecular formula is C12H16N4S. The second-order valence-corrected chi connectivity index (χ2v) is 4.68. The molecule has 0 fully saturated rings. The van der Waals surface area contributed by atoms with Gasteiger partial charge in [0, 0.05) is 4.90 Å². The molecule has 4 nitrogen and oxygen atoms in total. The Hall–Kier alpha value is -1.33. The first-order valence-corrected chi connectivity index (χ1v) is 6.79. The Labute approximate surface area is 105 Å². The van der Waals surface area contributed by atoms with E-state index in [1.165, 1.54) is 4.90 Å². The van der Waals surface area contributed by atoms with Gasteiger partial charge in [0.05, 0.1) is 23.6 Å². The first-order chi connectivity index (χ1) is 8.24. The highest BCUT2D eigenvalue weighted by Crippen LogP contribution is 2.17. The van der Waals surface area contributed by atoms with Crippen LogP contribution in [-0.4, -0.2) is 21.2 Å². The van der Waals surface area contributed by atoms with Gasteiger partial charge in [-0.05, 0) is 36.9 Å². The van der Waals surface area contributed by atoms with E-state index < -0.39 is 0 Å². The number of benzene rings is 1. The molecule has 2 aromatic rings. The van der Waals surface area contributed by atoms with Gasteiger partial charge in [-0.2, -0.15) is 0 Å². The zero-order chi connectivity index (χ0) is 12.3. The summed E-state index contributed by atoms with van der Waals surface area (Å²) in [6.45, 7) is 2.04. The van der Waals surface area contributed by atoms with Gasteiger partial charge in [-0.15, -0.1) is 16.9 Å². The maximum absolute atomic E-state index is 5.91. The minimum Gasteiger partial charge on any atom is -0.323 e. The average molecular weight is 248 g/mol. The molecule has 5 heteroatoms. The number of nitrogens with two attached hydrogens (primary N) is 1. The van der Waals surface area contributed by atoms with Gasteiger partial charge in [0.15, 0.2) is 0 Å². The second kappa shape index (κ2) is 5.33. The summed E-state index contributed by atoms with van der Waals surface area (Å²) in [5.74, 6) is 0. The van der Waals surface area contributed by atoms with E-state index in [2.05, 4.69) is 28.7 Å². The number of hydrogen-bond acceptors (Lipinski definition) is 4. The molecule has 17 heavy (non-hydrogen) atoms. The number of rotatable bonds is 4. The van der Waals surface area contributed by atoms with Gasteiger partial charge >= 0.3 is 0 Å². The molecule has 0 aliphatic heterocycles. The minimum absolute atomic E-state index is 0.0331. The van der Waals surface area contributed by atoms with E-state index in [0.717, 1.165) is 17.8 Å². The molecule has 0 radical (unpaired) electrons. The molecule has 0 amide bonds. The summed E-state index contributed by atoms with van der Waals surface area (Å²) >= 11 is 1.72. The molecule has 1 aromatic heterocycles. The molecule has 0 bridgehead atoms. The highest BCUT2D eigenvalue weighted by molar-refractivity contribution is 7.98. The Bertz CT molecular complexity index is 478. The molecule has 0 aliphatic carbocycles. The van der Waals surface area contributed by atoms with Crippen LogP contribution in [0, 0.1) is 0 Å². The lowest BCUT2D eigenvalue weighted by molar-refractivity contribution is 0.670. The number of nitrogens with zero attached hydrogens (tertiary/aromatic N) is 3. The van der Waals surface area contributed by atoms with Crippen molar-refractivity contribution < 1.29 is 0 Å². The van der Waals surface area contributed by atoms with Crippen LogP contribution in [-0.2, 0) is 0 Å². The van der Waals surface area contributed by atoms with Crippen molar-refractivity contribution in [3.63, 3.8) is 0 Å². The lowest BCUT2D eigenvalue weighted by Crippen LogP contribution is -2.08. The Kier molecular flexibility index (Phi) is 3.81. The van der Waals surface area contributed by atoms with Crippen molar-refractivity contribution in [2.24, 2.45) is 5.73 Å². The molecule has 2 N–H and O–H groups in total. The zero-order valence-electron chi connectivity index (χ0n) is 10.00. The van der Waals surface area contributed by atoms with Gasteiger partial charge in [-0.1, -0.05) is 12.1 Å². The van der Waals surface area contributed by atoms with Crippen molar-refractivity contribution in [3.05, 3.63) is 36.2 Å². The third kappa shape index (κ3) is 2.68. The quantitative estimate of drug-likeness (QED) is 0.844. The summed E-state index contributed by atoms with van der Waals surface area (Å²) in [7, 11) is 0. The van der Waals surface area contributed by atoms with Crippen molar-refractivity contribution in [3.8, 4) is 5.69 Å². The van der Waals surface area contributed by atoms with Crippen molar-refractivity contribution in [1.29, 1.82) is 0 Å². The van der Waals surface area contributed by atoms with Crippen molar-refractivity contribution >= 4 is 11.8 Å². The molecule has 1 atom stereocenters. The maximum Gasteiger partial charge on any atom is 0.0998 e. The molecule has 0 spiro atoms. The second-order valence-electron chi connectivity index (χ2n) is 3.80. The van der Waals surface area contributed by atoms with E-state index in [-0.39, 0.29) is 6.04 Å². The predicted molar refractivity (Wildman–Crippen MR) is 70.4 cm³/mol. The summed E-state index contributed by atoms with van der Waals surface area (Å²) in [5.41, 5.74) is 7.75. The van der Waals surface area contributed by atoms with Crippen LogP contribution in [0.15, 0.2) is 35.4 Å². The Morgan fingerprint density at radius 1 is 1.35 bits per heavy atom. The van der Waals surface area contributed by atoms with Crippen LogP contribution >= 0.6 is 11.8 Å². The molecule has 0 saturated heterocycles. The molecule has 0 aliphatic rings. The van der Waals surface area contributed by atoms with Crippen LogP contribution in [0.5, 0.6) is 0 Å². The van der Waals surface area contributed by atoms with Crippen molar-refractivity contribution in [1.82, 2.24) is 15.0 Å². The van der Waals surface area contributed by atoms with Crippen LogP contribution in [0.2, 0.25) is 0 Å². The van der Waals surface area contributed by atoms with Gasteiger partial charge in [0.25, 0.3) is 0 Å². The van der Waals surface area contributed by atoms with Gasteiger partial charge in [-0.3, -0.25) is 0 Å². The van der Waals surface area contributed by atoms with E-state index in [0.29, 0.717) is 0 Å². The minimum atomic E-state index is -0.0331. The monoisotopic (exact) mass is 248 g/mol. The van der Waals surface area contributed by atoms with E-state index in [9.17, 15) is 0 Å². The van der Waals surface area contributed by atoms with E-state index in [4.69, 9.17) is 5.73 Å².